The first-order chi connectivity index (χ1) is 22.9. The third-order valence-electron chi connectivity index (χ3n) is 6.69. The fraction of sp³-hybridized carbons (Fsp3) is 0.316. The molecule has 4 aromatic carbocycles. The van der Waals surface area contributed by atoms with E-state index in [2.05, 4.69) is 136 Å². The molecule has 0 aliphatic carbocycles. The number of carboxylic acids is 2. The normalized spacial score (nSPS) is 13.4. The molecule has 0 radical (unpaired) electrons. The van der Waals surface area contributed by atoms with Gasteiger partial charge in [-0.05, 0) is 59.5 Å². The third kappa shape index (κ3) is 15.1. The number of ether oxygens (including phenoxy) is 1. The molecule has 0 unspecified atom stereocenters. The highest BCUT2D eigenvalue weighted by atomic mass is 32.2. The fourth-order valence-corrected chi connectivity index (χ4v) is 7.92. The van der Waals surface area contributed by atoms with Crippen molar-refractivity contribution >= 4 is 33.7 Å². The molecule has 0 atom stereocenters. The van der Waals surface area contributed by atoms with E-state index in [1.807, 2.05) is 0 Å². The second kappa shape index (κ2) is 19.4. The Morgan fingerprint density at radius 2 is 0.898 bits per heavy atom. The van der Waals surface area contributed by atoms with Crippen LogP contribution in [-0.4, -0.2) is 58.7 Å². The van der Waals surface area contributed by atoms with Gasteiger partial charge in [-0.15, -0.1) is 0 Å². The summed E-state index contributed by atoms with van der Waals surface area (Å²) < 4.78 is 50.4. The van der Waals surface area contributed by atoms with Gasteiger partial charge >= 0.3 is 23.8 Å². The lowest BCUT2D eigenvalue weighted by atomic mass is 9.87. The summed E-state index contributed by atoms with van der Waals surface area (Å²) in [7, 11) is 0.417. The molecular weight excluding hydrogens is 677 g/mol. The summed E-state index contributed by atoms with van der Waals surface area (Å²) >= 11 is 0. The van der Waals surface area contributed by atoms with Gasteiger partial charge in [-0.1, -0.05) is 87.5 Å². The molecule has 264 valence electrons. The number of rotatable bonds is 6. The van der Waals surface area contributed by atoms with Gasteiger partial charge in [-0.2, -0.15) is 17.6 Å². The molecular formula is C38H44F4O5S2+2. The standard InChI is InChI=1S/C18H15S.C14H21OS.2C3H4F2O2/c1-4-10-16(11-5-1)19(17-12-6-2-7-13-17)18-14-8-3-9-15-18;1-14(2,3)12-4-6-13(7-5-12)16-10-8-15-9-11-16;2*1-3(4,5)2(6)7/h1-15H;4-7H,8-11H2,1-3H3;2*1H3,(H,6,7)/q2*+1;;. The Morgan fingerprint density at radius 3 is 1.16 bits per heavy atom. The van der Waals surface area contributed by atoms with Crippen molar-refractivity contribution in [2.75, 3.05) is 24.7 Å². The zero-order chi connectivity index (χ0) is 36.7. The summed E-state index contributed by atoms with van der Waals surface area (Å²) in [5.74, 6) is -8.94. The van der Waals surface area contributed by atoms with Crippen molar-refractivity contribution in [3.63, 3.8) is 0 Å². The van der Waals surface area contributed by atoms with Crippen LogP contribution in [0.1, 0.15) is 40.2 Å². The van der Waals surface area contributed by atoms with Crippen molar-refractivity contribution in [1.82, 2.24) is 0 Å². The van der Waals surface area contributed by atoms with Crippen LogP contribution in [0, 0.1) is 0 Å². The molecule has 0 amide bonds. The van der Waals surface area contributed by atoms with E-state index in [0.717, 1.165) is 13.2 Å². The van der Waals surface area contributed by atoms with E-state index in [4.69, 9.17) is 14.9 Å². The average Bonchev–Trinajstić information content (AvgIpc) is 3.06. The first-order valence-corrected chi connectivity index (χ1v) is 18.2. The van der Waals surface area contributed by atoms with E-state index in [9.17, 15) is 27.2 Å². The lowest BCUT2D eigenvalue weighted by Crippen LogP contribution is -2.26. The number of carboxylic acid groups (broad SMARTS) is 2. The first-order valence-electron chi connectivity index (χ1n) is 15.4. The van der Waals surface area contributed by atoms with Gasteiger partial charge in [0.25, 0.3) is 0 Å². The predicted octanol–water partition coefficient (Wildman–Crippen LogP) is 9.23. The Balaban J connectivity index is 0.000000250. The predicted molar refractivity (Wildman–Crippen MR) is 189 cm³/mol. The fourth-order valence-electron chi connectivity index (χ4n) is 3.98. The Kier molecular flexibility index (Phi) is 16.4. The van der Waals surface area contributed by atoms with E-state index in [0.29, 0.717) is 24.7 Å². The number of alkyl halides is 4. The third-order valence-corrected chi connectivity index (χ3v) is 11.2. The van der Waals surface area contributed by atoms with Gasteiger partial charge in [-0.3, -0.25) is 0 Å². The summed E-state index contributed by atoms with van der Waals surface area (Å²) in [6, 6.07) is 41.4. The average molecular weight is 721 g/mol. The van der Waals surface area contributed by atoms with Crippen molar-refractivity contribution in [1.29, 1.82) is 0 Å². The molecule has 1 heterocycles. The van der Waals surface area contributed by atoms with Crippen LogP contribution in [-0.2, 0) is 41.5 Å². The van der Waals surface area contributed by atoms with Crippen LogP contribution in [0.15, 0.2) is 135 Å². The Hall–Kier alpha value is -3.80. The van der Waals surface area contributed by atoms with E-state index >= 15 is 0 Å². The number of benzene rings is 4. The largest absolute Gasteiger partial charge is 0.477 e. The molecule has 0 aromatic heterocycles. The van der Waals surface area contributed by atoms with Crippen molar-refractivity contribution in [3.8, 4) is 0 Å². The van der Waals surface area contributed by atoms with Crippen LogP contribution < -0.4 is 0 Å². The molecule has 1 saturated heterocycles. The quantitative estimate of drug-likeness (QED) is 0.153. The topological polar surface area (TPSA) is 83.8 Å². The molecule has 2 N–H and O–H groups in total. The highest BCUT2D eigenvalue weighted by molar-refractivity contribution is 7.97. The summed E-state index contributed by atoms with van der Waals surface area (Å²) in [6.45, 7) is 9.31. The Labute approximate surface area is 292 Å². The Morgan fingerprint density at radius 1 is 0.592 bits per heavy atom. The van der Waals surface area contributed by atoms with E-state index in [1.165, 1.54) is 36.7 Å². The molecule has 5 nitrogen and oxygen atoms in total. The zero-order valence-corrected chi connectivity index (χ0v) is 29.9. The van der Waals surface area contributed by atoms with Crippen LogP contribution in [0.2, 0.25) is 0 Å². The second-order valence-electron chi connectivity index (χ2n) is 11.9. The maximum absolute atomic E-state index is 11.2. The highest BCUT2D eigenvalue weighted by Crippen LogP contribution is 2.30. The maximum Gasteiger partial charge on any atom is 0.374 e. The molecule has 1 aliphatic rings. The second-order valence-corrected chi connectivity index (χ2v) is 16.2. The molecule has 11 heteroatoms. The van der Waals surface area contributed by atoms with Crippen molar-refractivity contribution in [2.24, 2.45) is 0 Å². The Bertz CT molecular complexity index is 1420. The molecule has 0 saturated carbocycles. The van der Waals surface area contributed by atoms with Crippen LogP contribution >= 0.6 is 0 Å². The molecule has 0 spiro atoms. The summed E-state index contributed by atoms with van der Waals surface area (Å²) in [4.78, 5) is 24.1. The van der Waals surface area contributed by atoms with Crippen molar-refractivity contribution in [2.45, 2.75) is 71.5 Å². The minimum Gasteiger partial charge on any atom is -0.477 e. The number of carbonyl (C=O) groups is 2. The van der Waals surface area contributed by atoms with Gasteiger partial charge in [0.2, 0.25) is 0 Å². The minimum atomic E-state index is -3.58. The first kappa shape index (κ1) is 41.4. The number of hydrogen-bond acceptors (Lipinski definition) is 3. The van der Waals surface area contributed by atoms with E-state index < -0.39 is 23.8 Å². The van der Waals surface area contributed by atoms with Crippen LogP contribution in [0.25, 0.3) is 0 Å². The van der Waals surface area contributed by atoms with Crippen LogP contribution in [0.3, 0.4) is 0 Å². The molecule has 4 aromatic rings. The van der Waals surface area contributed by atoms with Crippen LogP contribution in [0.4, 0.5) is 17.6 Å². The molecule has 1 fully saturated rings. The number of aliphatic carboxylic acids is 2. The highest BCUT2D eigenvalue weighted by Gasteiger charge is 2.32. The lowest BCUT2D eigenvalue weighted by molar-refractivity contribution is -0.162. The van der Waals surface area contributed by atoms with Gasteiger partial charge in [0, 0.05) is 24.7 Å². The van der Waals surface area contributed by atoms with Gasteiger partial charge in [-0.25, -0.2) is 9.59 Å². The molecule has 1 aliphatic heterocycles. The van der Waals surface area contributed by atoms with Gasteiger partial charge in [0.15, 0.2) is 19.6 Å². The van der Waals surface area contributed by atoms with Gasteiger partial charge < -0.3 is 14.9 Å². The van der Waals surface area contributed by atoms with E-state index in [1.54, 1.807) is 0 Å². The molecule has 5 rings (SSSR count). The summed E-state index contributed by atoms with van der Waals surface area (Å²) in [5.41, 5.74) is 1.69. The van der Waals surface area contributed by atoms with Crippen LogP contribution in [0.5, 0.6) is 0 Å². The SMILES string of the molecule is CC(C)(C)c1ccc([S+]2CCOCC2)cc1.CC(F)(F)C(=O)O.CC(F)(F)C(=O)O.c1ccc([S+](c2ccccc2)c2ccccc2)cc1. The summed E-state index contributed by atoms with van der Waals surface area (Å²) in [5, 5.41) is 15.0. The van der Waals surface area contributed by atoms with E-state index in [-0.39, 0.29) is 16.3 Å². The lowest BCUT2D eigenvalue weighted by Gasteiger charge is -2.19. The molecule has 0 bridgehead atoms. The van der Waals surface area contributed by atoms with Gasteiger partial charge in [0.05, 0.1) is 24.1 Å². The number of hydrogen-bond donors (Lipinski definition) is 2. The smallest absolute Gasteiger partial charge is 0.374 e. The summed E-state index contributed by atoms with van der Waals surface area (Å²) in [6.07, 6.45) is 0. The minimum absolute atomic E-state index is 0.0146. The van der Waals surface area contributed by atoms with Crippen molar-refractivity contribution in [3.05, 3.63) is 121 Å². The number of halogens is 4. The molecule has 49 heavy (non-hydrogen) atoms. The zero-order valence-electron chi connectivity index (χ0n) is 28.2. The van der Waals surface area contributed by atoms with Gasteiger partial charge in [0.1, 0.15) is 11.5 Å². The maximum atomic E-state index is 11.2. The van der Waals surface area contributed by atoms with Crippen molar-refractivity contribution < 1.29 is 42.1 Å². The monoisotopic (exact) mass is 720 g/mol.